The van der Waals surface area contributed by atoms with Crippen LogP contribution in [0.5, 0.6) is 5.75 Å². The van der Waals surface area contributed by atoms with Crippen molar-refractivity contribution < 1.29 is 18.5 Å². The van der Waals surface area contributed by atoms with Crippen LogP contribution >= 0.6 is 0 Å². The molecule has 7 nitrogen and oxygen atoms in total. The highest BCUT2D eigenvalue weighted by molar-refractivity contribution is 5.76. The third kappa shape index (κ3) is 4.45. The van der Waals surface area contributed by atoms with E-state index in [4.69, 9.17) is 13.7 Å². The van der Waals surface area contributed by atoms with E-state index in [9.17, 15) is 4.79 Å². The normalized spacial score (nSPS) is 10.5. The zero-order valence-corrected chi connectivity index (χ0v) is 13.0. The fraction of sp³-hybridized carbons (Fsp3) is 0.235. The van der Waals surface area contributed by atoms with Crippen LogP contribution in [-0.2, 0) is 11.2 Å². The second kappa shape index (κ2) is 7.96. The molecule has 24 heavy (non-hydrogen) atoms. The molecule has 7 heteroatoms. The van der Waals surface area contributed by atoms with E-state index in [1.54, 1.807) is 12.1 Å². The lowest BCUT2D eigenvalue weighted by Gasteiger charge is -2.07. The minimum absolute atomic E-state index is 0.0931. The summed E-state index contributed by atoms with van der Waals surface area (Å²) >= 11 is 0. The van der Waals surface area contributed by atoms with Crippen LogP contribution in [0.15, 0.2) is 57.7 Å². The van der Waals surface area contributed by atoms with Crippen LogP contribution in [0, 0.1) is 0 Å². The zero-order valence-electron chi connectivity index (χ0n) is 13.0. The van der Waals surface area contributed by atoms with Gasteiger partial charge in [0.2, 0.25) is 17.6 Å². The van der Waals surface area contributed by atoms with Crippen molar-refractivity contribution in [3.8, 4) is 17.3 Å². The highest BCUT2D eigenvalue weighted by Gasteiger charge is 2.12. The Bertz CT molecular complexity index is 753. The Balaban J connectivity index is 1.35. The summed E-state index contributed by atoms with van der Waals surface area (Å²) in [5.74, 6) is 2.00. The monoisotopic (exact) mass is 327 g/mol. The lowest BCUT2D eigenvalue weighted by molar-refractivity contribution is -0.121. The molecule has 0 aliphatic rings. The maximum absolute atomic E-state index is 11.8. The van der Waals surface area contributed by atoms with Gasteiger partial charge in [-0.3, -0.25) is 4.79 Å². The average Bonchev–Trinajstić information content (AvgIpc) is 3.29. The van der Waals surface area contributed by atoms with Crippen molar-refractivity contribution in [1.82, 2.24) is 15.5 Å². The number of ether oxygens (including phenoxy) is 1. The summed E-state index contributed by atoms with van der Waals surface area (Å²) < 4.78 is 15.8. The first kappa shape index (κ1) is 15.8. The molecule has 0 radical (unpaired) electrons. The van der Waals surface area contributed by atoms with Crippen LogP contribution in [0.2, 0.25) is 0 Å². The maximum atomic E-state index is 11.8. The Labute approximate surface area is 138 Å². The number of rotatable bonds is 8. The Morgan fingerprint density at radius 3 is 2.83 bits per heavy atom. The molecule has 2 heterocycles. The third-order valence-corrected chi connectivity index (χ3v) is 3.21. The van der Waals surface area contributed by atoms with Gasteiger partial charge >= 0.3 is 0 Å². The molecule has 1 amide bonds. The first-order chi connectivity index (χ1) is 11.8. The number of furan rings is 1. The molecular formula is C17H17N3O4. The minimum atomic E-state index is -0.0931. The number of hydrogen-bond donors (Lipinski definition) is 1. The molecule has 0 aliphatic heterocycles. The number of hydrogen-bond acceptors (Lipinski definition) is 6. The average molecular weight is 327 g/mol. The van der Waals surface area contributed by atoms with Gasteiger partial charge in [-0.25, -0.2) is 0 Å². The molecule has 3 rings (SSSR count). The number of carbonyl (C=O) groups is 1. The number of nitrogens with one attached hydrogen (secondary N) is 1. The van der Waals surface area contributed by atoms with E-state index >= 15 is 0 Å². The van der Waals surface area contributed by atoms with E-state index in [0.717, 1.165) is 5.75 Å². The van der Waals surface area contributed by atoms with Crippen molar-refractivity contribution in [3.63, 3.8) is 0 Å². The number of nitrogens with zero attached hydrogens (tertiary/aromatic N) is 2. The molecule has 0 saturated carbocycles. The second-order valence-electron chi connectivity index (χ2n) is 5.00. The topological polar surface area (TPSA) is 90.4 Å². The Kier molecular flexibility index (Phi) is 5.24. The SMILES string of the molecule is O=C(CCc1nc(-c2ccco2)no1)NCCOc1ccccc1. The van der Waals surface area contributed by atoms with E-state index in [0.29, 0.717) is 37.0 Å². The Hall–Kier alpha value is -3.09. The van der Waals surface area contributed by atoms with Gasteiger partial charge in [-0.05, 0) is 24.3 Å². The molecule has 2 aromatic heterocycles. The number of para-hydroxylation sites is 1. The van der Waals surface area contributed by atoms with Gasteiger partial charge < -0.3 is 19.0 Å². The first-order valence-electron chi connectivity index (χ1n) is 7.62. The zero-order chi connectivity index (χ0) is 16.6. The van der Waals surface area contributed by atoms with Crippen molar-refractivity contribution in [2.45, 2.75) is 12.8 Å². The molecule has 0 unspecified atom stereocenters. The van der Waals surface area contributed by atoms with E-state index in [1.165, 1.54) is 6.26 Å². The van der Waals surface area contributed by atoms with Crippen LogP contribution in [0.1, 0.15) is 12.3 Å². The molecule has 0 atom stereocenters. The van der Waals surface area contributed by atoms with Crippen LogP contribution < -0.4 is 10.1 Å². The number of amides is 1. The standard InChI is InChI=1S/C17H17N3O4/c21-15(18-10-12-22-13-5-2-1-3-6-13)8-9-16-19-17(20-24-16)14-7-4-11-23-14/h1-7,11H,8-10,12H2,(H,18,21). The van der Waals surface area contributed by atoms with E-state index in [1.807, 2.05) is 30.3 Å². The highest BCUT2D eigenvalue weighted by atomic mass is 16.5. The Morgan fingerprint density at radius 2 is 2.04 bits per heavy atom. The van der Waals surface area contributed by atoms with E-state index < -0.39 is 0 Å². The largest absolute Gasteiger partial charge is 0.492 e. The van der Waals surface area contributed by atoms with Gasteiger partial charge in [-0.1, -0.05) is 23.4 Å². The van der Waals surface area contributed by atoms with Crippen molar-refractivity contribution in [2.24, 2.45) is 0 Å². The van der Waals surface area contributed by atoms with Crippen LogP contribution in [0.4, 0.5) is 0 Å². The molecule has 1 aromatic carbocycles. The lowest BCUT2D eigenvalue weighted by atomic mass is 10.3. The van der Waals surface area contributed by atoms with E-state index in [-0.39, 0.29) is 12.3 Å². The molecule has 0 fully saturated rings. The number of benzene rings is 1. The molecule has 0 bridgehead atoms. The summed E-state index contributed by atoms with van der Waals surface area (Å²) in [6.07, 6.45) is 2.18. The van der Waals surface area contributed by atoms with Gasteiger partial charge in [0.25, 0.3) is 0 Å². The summed E-state index contributed by atoms with van der Waals surface area (Å²) in [7, 11) is 0. The first-order valence-corrected chi connectivity index (χ1v) is 7.62. The van der Waals surface area contributed by atoms with Gasteiger partial charge in [-0.15, -0.1) is 0 Å². The predicted octanol–water partition coefficient (Wildman–Crippen LogP) is 2.46. The van der Waals surface area contributed by atoms with E-state index in [2.05, 4.69) is 15.5 Å². The molecule has 124 valence electrons. The van der Waals surface area contributed by atoms with Crippen LogP contribution in [-0.4, -0.2) is 29.2 Å². The molecule has 3 aromatic rings. The number of aromatic nitrogens is 2. The lowest BCUT2D eigenvalue weighted by Crippen LogP contribution is -2.28. The van der Waals surface area contributed by atoms with Crippen molar-refractivity contribution in [1.29, 1.82) is 0 Å². The summed E-state index contributed by atoms with van der Waals surface area (Å²) in [6, 6.07) is 12.9. The molecule has 0 aliphatic carbocycles. The number of carbonyl (C=O) groups excluding carboxylic acids is 1. The van der Waals surface area contributed by atoms with Gasteiger partial charge in [-0.2, -0.15) is 4.98 Å². The van der Waals surface area contributed by atoms with Gasteiger partial charge in [0.1, 0.15) is 12.4 Å². The van der Waals surface area contributed by atoms with Gasteiger partial charge in [0.15, 0.2) is 5.76 Å². The van der Waals surface area contributed by atoms with Crippen LogP contribution in [0.3, 0.4) is 0 Å². The maximum Gasteiger partial charge on any atom is 0.238 e. The minimum Gasteiger partial charge on any atom is -0.492 e. The van der Waals surface area contributed by atoms with Crippen molar-refractivity contribution in [3.05, 3.63) is 54.6 Å². The summed E-state index contributed by atoms with van der Waals surface area (Å²) in [6.45, 7) is 0.855. The quantitative estimate of drug-likeness (QED) is 0.639. The number of aryl methyl sites for hydroxylation is 1. The smallest absolute Gasteiger partial charge is 0.238 e. The van der Waals surface area contributed by atoms with Crippen molar-refractivity contribution >= 4 is 5.91 Å². The van der Waals surface area contributed by atoms with Gasteiger partial charge in [0, 0.05) is 12.8 Å². The molecular weight excluding hydrogens is 310 g/mol. The fourth-order valence-electron chi connectivity index (χ4n) is 2.05. The summed E-state index contributed by atoms with van der Waals surface area (Å²) in [5, 5.41) is 6.60. The third-order valence-electron chi connectivity index (χ3n) is 3.21. The predicted molar refractivity (Wildman–Crippen MR) is 85.3 cm³/mol. The Morgan fingerprint density at radius 1 is 1.17 bits per heavy atom. The molecule has 0 spiro atoms. The highest BCUT2D eigenvalue weighted by Crippen LogP contribution is 2.16. The molecule has 0 saturated heterocycles. The second-order valence-corrected chi connectivity index (χ2v) is 5.00. The van der Waals surface area contributed by atoms with Gasteiger partial charge in [0.05, 0.1) is 12.8 Å². The fourth-order valence-corrected chi connectivity index (χ4v) is 2.05. The molecule has 1 N–H and O–H groups in total. The van der Waals surface area contributed by atoms with Crippen molar-refractivity contribution in [2.75, 3.05) is 13.2 Å². The van der Waals surface area contributed by atoms with Crippen LogP contribution in [0.25, 0.3) is 11.6 Å². The summed E-state index contributed by atoms with van der Waals surface area (Å²) in [4.78, 5) is 16.0. The summed E-state index contributed by atoms with van der Waals surface area (Å²) in [5.41, 5.74) is 0.